The zero-order valence-electron chi connectivity index (χ0n) is 11.5. The summed E-state index contributed by atoms with van der Waals surface area (Å²) in [6.07, 6.45) is 2.64. The second-order valence-corrected chi connectivity index (χ2v) is 5.67. The fraction of sp³-hybridized carbons (Fsp3) is 0.125. The first-order chi connectivity index (χ1) is 10.1. The van der Waals surface area contributed by atoms with E-state index in [9.17, 15) is 9.59 Å². The minimum Gasteiger partial charge on any atom is -0.478 e. The Morgan fingerprint density at radius 1 is 1.24 bits per heavy atom. The van der Waals surface area contributed by atoms with E-state index in [1.165, 1.54) is 11.3 Å². The quantitative estimate of drug-likeness (QED) is 0.834. The number of thiophene rings is 1. The largest absolute Gasteiger partial charge is 0.478 e. The number of carboxylic acid groups (broad SMARTS) is 1. The number of aliphatic carboxylic acids is 1. The molecule has 0 fully saturated rings. The highest BCUT2D eigenvalue weighted by Gasteiger charge is 2.08. The molecule has 0 aliphatic rings. The number of hydrogen-bond acceptors (Lipinski definition) is 3. The van der Waals surface area contributed by atoms with Gasteiger partial charge in [-0.25, -0.2) is 4.79 Å². The summed E-state index contributed by atoms with van der Waals surface area (Å²) in [5.41, 5.74) is 1.60. The van der Waals surface area contributed by atoms with Gasteiger partial charge in [-0.1, -0.05) is 18.2 Å². The number of carbonyl (C=O) groups is 2. The topological polar surface area (TPSA) is 66.4 Å². The number of carboxylic acids is 1. The van der Waals surface area contributed by atoms with Crippen molar-refractivity contribution in [2.45, 2.75) is 13.5 Å². The lowest BCUT2D eigenvalue weighted by atomic mass is 10.1. The first kappa shape index (κ1) is 15.0. The molecule has 1 aromatic carbocycles. The van der Waals surface area contributed by atoms with Gasteiger partial charge in [-0.15, -0.1) is 11.3 Å². The maximum absolute atomic E-state index is 12.1. The average molecular weight is 301 g/mol. The van der Waals surface area contributed by atoms with Crippen molar-refractivity contribution < 1.29 is 14.7 Å². The summed E-state index contributed by atoms with van der Waals surface area (Å²) >= 11 is 1.45. The fourth-order valence-electron chi connectivity index (χ4n) is 1.82. The van der Waals surface area contributed by atoms with Crippen LogP contribution < -0.4 is 5.32 Å². The van der Waals surface area contributed by atoms with Crippen molar-refractivity contribution in [3.63, 3.8) is 0 Å². The highest BCUT2D eigenvalue weighted by atomic mass is 32.1. The molecule has 0 spiro atoms. The maximum atomic E-state index is 12.1. The summed E-state index contributed by atoms with van der Waals surface area (Å²) in [5.74, 6) is -1.08. The molecule has 4 nitrogen and oxygen atoms in total. The van der Waals surface area contributed by atoms with E-state index in [1.807, 2.05) is 37.3 Å². The minimum absolute atomic E-state index is 0.107. The van der Waals surface area contributed by atoms with Gasteiger partial charge in [0.2, 0.25) is 0 Å². The molecule has 0 saturated carbocycles. The Balaban J connectivity index is 1.96. The van der Waals surface area contributed by atoms with Gasteiger partial charge < -0.3 is 10.4 Å². The molecule has 0 aliphatic heterocycles. The molecular formula is C16H15NO3S. The Kier molecular flexibility index (Phi) is 4.90. The van der Waals surface area contributed by atoms with E-state index in [0.29, 0.717) is 12.1 Å². The third-order valence-corrected chi connectivity index (χ3v) is 3.94. The third kappa shape index (κ3) is 4.29. The second kappa shape index (κ2) is 6.85. The molecule has 2 aromatic rings. The molecule has 2 N–H and O–H groups in total. The number of carbonyl (C=O) groups excluding carboxylic acids is 1. The molecule has 0 saturated heterocycles. The van der Waals surface area contributed by atoms with Crippen LogP contribution in [0.5, 0.6) is 0 Å². The summed E-state index contributed by atoms with van der Waals surface area (Å²) < 4.78 is 0. The fourth-order valence-corrected chi connectivity index (χ4v) is 2.68. The van der Waals surface area contributed by atoms with Crippen LogP contribution in [0.1, 0.15) is 25.7 Å². The first-order valence-corrected chi connectivity index (χ1v) is 7.21. The number of amides is 1. The molecule has 108 valence electrons. The Morgan fingerprint density at radius 2 is 2.00 bits per heavy atom. The van der Waals surface area contributed by atoms with Crippen molar-refractivity contribution in [1.82, 2.24) is 5.32 Å². The Labute approximate surface area is 126 Å². The van der Waals surface area contributed by atoms with Crippen LogP contribution in [0, 0.1) is 6.92 Å². The molecule has 2 rings (SSSR count). The normalized spacial score (nSPS) is 10.7. The van der Waals surface area contributed by atoms with Gasteiger partial charge in [0, 0.05) is 21.4 Å². The van der Waals surface area contributed by atoms with Crippen molar-refractivity contribution in [3.05, 3.63) is 63.4 Å². The SMILES string of the molecule is Cc1ccccc1C(=O)NCc1ccc(C=CC(=O)O)s1. The van der Waals surface area contributed by atoms with E-state index in [1.54, 1.807) is 12.1 Å². The lowest BCUT2D eigenvalue weighted by molar-refractivity contribution is -0.131. The average Bonchev–Trinajstić information content (AvgIpc) is 2.91. The summed E-state index contributed by atoms with van der Waals surface area (Å²) in [6, 6.07) is 11.1. The third-order valence-electron chi connectivity index (χ3n) is 2.89. The van der Waals surface area contributed by atoms with Crippen LogP contribution >= 0.6 is 11.3 Å². The summed E-state index contributed by atoms with van der Waals surface area (Å²) in [6.45, 7) is 2.33. The molecule has 5 heteroatoms. The van der Waals surface area contributed by atoms with Crippen LogP contribution in [0.2, 0.25) is 0 Å². The van der Waals surface area contributed by atoms with Crippen molar-refractivity contribution in [2.75, 3.05) is 0 Å². The highest BCUT2D eigenvalue weighted by molar-refractivity contribution is 7.12. The van der Waals surface area contributed by atoms with Crippen molar-refractivity contribution >= 4 is 29.3 Å². The van der Waals surface area contributed by atoms with E-state index < -0.39 is 5.97 Å². The van der Waals surface area contributed by atoms with Gasteiger partial charge in [0.1, 0.15) is 0 Å². The van der Waals surface area contributed by atoms with Crippen LogP contribution in [0.4, 0.5) is 0 Å². The van der Waals surface area contributed by atoms with Crippen molar-refractivity contribution in [3.8, 4) is 0 Å². The van der Waals surface area contributed by atoms with Crippen LogP contribution in [-0.4, -0.2) is 17.0 Å². The molecule has 1 heterocycles. The molecule has 0 unspecified atom stereocenters. The molecule has 0 radical (unpaired) electrons. The zero-order chi connectivity index (χ0) is 15.2. The van der Waals surface area contributed by atoms with Crippen LogP contribution in [0.25, 0.3) is 6.08 Å². The van der Waals surface area contributed by atoms with Gasteiger partial charge >= 0.3 is 5.97 Å². The lowest BCUT2D eigenvalue weighted by Gasteiger charge is -2.06. The molecule has 1 aromatic heterocycles. The van der Waals surface area contributed by atoms with Gasteiger partial charge in [-0.2, -0.15) is 0 Å². The highest BCUT2D eigenvalue weighted by Crippen LogP contribution is 2.18. The number of hydrogen-bond donors (Lipinski definition) is 2. The van der Waals surface area contributed by atoms with Crippen molar-refractivity contribution in [1.29, 1.82) is 0 Å². The van der Waals surface area contributed by atoms with Crippen LogP contribution in [0.15, 0.2) is 42.5 Å². The van der Waals surface area contributed by atoms with Gasteiger partial charge in [-0.3, -0.25) is 4.79 Å². The van der Waals surface area contributed by atoms with Gasteiger partial charge in [0.05, 0.1) is 6.54 Å². The molecule has 0 atom stereocenters. The van der Waals surface area contributed by atoms with Crippen LogP contribution in [0.3, 0.4) is 0 Å². The van der Waals surface area contributed by atoms with Gasteiger partial charge in [0.15, 0.2) is 0 Å². The van der Waals surface area contributed by atoms with Crippen LogP contribution in [-0.2, 0) is 11.3 Å². The van der Waals surface area contributed by atoms with E-state index in [0.717, 1.165) is 21.4 Å². The predicted molar refractivity (Wildman–Crippen MR) is 83.3 cm³/mol. The standard InChI is InChI=1S/C16H15NO3S/c1-11-4-2-3-5-14(11)16(20)17-10-13-7-6-12(21-13)8-9-15(18)19/h2-9H,10H2,1H3,(H,17,20)(H,18,19). The molecule has 0 bridgehead atoms. The van der Waals surface area contributed by atoms with Gasteiger partial charge in [-0.05, 0) is 36.8 Å². The Bertz CT molecular complexity index is 688. The zero-order valence-corrected chi connectivity index (χ0v) is 12.3. The molecule has 0 aliphatic carbocycles. The van der Waals surface area contributed by atoms with E-state index in [4.69, 9.17) is 5.11 Å². The molecule has 21 heavy (non-hydrogen) atoms. The second-order valence-electron chi connectivity index (χ2n) is 4.47. The summed E-state index contributed by atoms with van der Waals surface area (Å²) in [7, 11) is 0. The first-order valence-electron chi connectivity index (χ1n) is 6.40. The lowest BCUT2D eigenvalue weighted by Crippen LogP contribution is -2.23. The predicted octanol–water partition coefficient (Wildman–Crippen LogP) is 3.08. The number of aryl methyl sites for hydroxylation is 1. The summed E-state index contributed by atoms with van der Waals surface area (Å²) in [5, 5.41) is 11.4. The molecule has 1 amide bonds. The maximum Gasteiger partial charge on any atom is 0.328 e. The van der Waals surface area contributed by atoms with Crippen molar-refractivity contribution in [2.24, 2.45) is 0 Å². The monoisotopic (exact) mass is 301 g/mol. The Morgan fingerprint density at radius 3 is 2.71 bits per heavy atom. The smallest absolute Gasteiger partial charge is 0.328 e. The van der Waals surface area contributed by atoms with E-state index >= 15 is 0 Å². The number of rotatable bonds is 5. The number of nitrogens with one attached hydrogen (secondary N) is 1. The minimum atomic E-state index is -0.974. The Hall–Kier alpha value is -2.40. The van der Waals surface area contributed by atoms with E-state index in [-0.39, 0.29) is 5.91 Å². The molecular weight excluding hydrogens is 286 g/mol. The van der Waals surface area contributed by atoms with E-state index in [2.05, 4.69) is 5.32 Å². The number of benzene rings is 1. The van der Waals surface area contributed by atoms with Gasteiger partial charge in [0.25, 0.3) is 5.91 Å². The summed E-state index contributed by atoms with van der Waals surface area (Å²) in [4.78, 5) is 24.3.